The largest absolute Gasteiger partial charge is 0.408 e. The van der Waals surface area contributed by atoms with E-state index in [1.54, 1.807) is 4.90 Å². The lowest BCUT2D eigenvalue weighted by atomic mass is 10.1. The van der Waals surface area contributed by atoms with Crippen molar-refractivity contribution < 1.29 is 18.0 Å². The average molecular weight is 370 g/mol. The summed E-state index contributed by atoms with van der Waals surface area (Å²) in [5, 5.41) is 20.5. The lowest BCUT2D eigenvalue weighted by Gasteiger charge is -2.16. The van der Waals surface area contributed by atoms with Crippen LogP contribution in [0.4, 0.5) is 23.7 Å². The van der Waals surface area contributed by atoms with E-state index < -0.39 is 12.7 Å². The molecule has 4 rings (SSSR count). The Hall–Kier alpha value is -2.66. The summed E-state index contributed by atoms with van der Waals surface area (Å²) in [4.78, 5) is 14.1. The van der Waals surface area contributed by atoms with E-state index in [0.29, 0.717) is 36.7 Å². The number of hydrogen-bond acceptors (Lipinski definition) is 5. The minimum absolute atomic E-state index is 0.00430. The predicted molar refractivity (Wildman–Crippen MR) is 82.4 cm³/mol. The molecule has 12 heteroatoms. The van der Waals surface area contributed by atoms with Gasteiger partial charge < -0.3 is 10.2 Å². The Bertz CT molecular complexity index is 783. The number of nitrogens with zero attached hydrogens (tertiary/aromatic N) is 6. The van der Waals surface area contributed by atoms with Gasteiger partial charge in [-0.2, -0.15) is 23.5 Å². The van der Waals surface area contributed by atoms with Crippen molar-refractivity contribution in [3.63, 3.8) is 0 Å². The van der Waals surface area contributed by atoms with E-state index in [4.69, 9.17) is 0 Å². The van der Waals surface area contributed by atoms with Gasteiger partial charge in [0.05, 0.1) is 11.4 Å². The number of alkyl halides is 3. The van der Waals surface area contributed by atoms with Crippen LogP contribution in [0.15, 0.2) is 6.20 Å². The Morgan fingerprint density at radius 1 is 1.31 bits per heavy atom. The average Bonchev–Trinajstić information content (AvgIpc) is 2.99. The molecule has 1 atom stereocenters. The van der Waals surface area contributed by atoms with E-state index in [1.165, 1.54) is 6.20 Å². The van der Waals surface area contributed by atoms with Crippen LogP contribution in [-0.4, -0.2) is 60.6 Å². The number of tetrazole rings is 1. The van der Waals surface area contributed by atoms with Gasteiger partial charge in [-0.25, -0.2) is 4.79 Å². The topological polar surface area (TPSA) is 105 Å². The number of halogens is 3. The molecule has 0 bridgehead atoms. The number of carbonyl (C=O) groups excluding carboxylic acids is 1. The molecule has 140 valence electrons. The molecule has 9 nitrogen and oxygen atoms in total. The highest BCUT2D eigenvalue weighted by Gasteiger charge is 2.35. The molecule has 26 heavy (non-hydrogen) atoms. The summed E-state index contributed by atoms with van der Waals surface area (Å²) < 4.78 is 38.7. The van der Waals surface area contributed by atoms with Crippen LogP contribution in [0.2, 0.25) is 0 Å². The molecule has 2 aliphatic rings. The first-order chi connectivity index (χ1) is 12.4. The number of hydrogen-bond donors (Lipinski definition) is 2. The van der Waals surface area contributed by atoms with Crippen LogP contribution in [-0.2, 0) is 6.54 Å². The number of amides is 2. The first-order valence-electron chi connectivity index (χ1n) is 8.32. The zero-order valence-corrected chi connectivity index (χ0v) is 13.7. The van der Waals surface area contributed by atoms with Gasteiger partial charge >= 0.3 is 12.2 Å². The Labute approximate surface area is 145 Å². The van der Waals surface area contributed by atoms with Crippen LogP contribution in [0.25, 0.3) is 0 Å². The summed E-state index contributed by atoms with van der Waals surface area (Å²) in [6, 6.07) is -0.357. The standard InChI is InChI=1S/C14H17F3N8O/c15-14(16,17)7-25-6-10(11(21-25)8-1-2-8)18-13(26)24-4-3-9(5-24)12-19-22-23-20-12/h6,8-9H,1-5,7H2,(H,18,26)(H,19,20,22,23). The van der Waals surface area contributed by atoms with E-state index >= 15 is 0 Å². The van der Waals surface area contributed by atoms with Gasteiger partial charge in [0.15, 0.2) is 5.82 Å². The van der Waals surface area contributed by atoms with Gasteiger partial charge in [0.2, 0.25) is 0 Å². The third kappa shape index (κ3) is 3.63. The van der Waals surface area contributed by atoms with Gasteiger partial charge in [-0.1, -0.05) is 5.21 Å². The molecular formula is C14H17F3N8O. The summed E-state index contributed by atoms with van der Waals surface area (Å²) in [5.74, 6) is 0.665. The van der Waals surface area contributed by atoms with Crippen LogP contribution in [0.5, 0.6) is 0 Å². The molecule has 1 aliphatic carbocycles. The molecule has 2 N–H and O–H groups in total. The SMILES string of the molecule is O=C(Nc1cn(CC(F)(F)F)nc1C1CC1)N1CCC(c2nn[nH]n2)C1. The van der Waals surface area contributed by atoms with Crippen molar-refractivity contribution in [1.82, 2.24) is 35.3 Å². The lowest BCUT2D eigenvalue weighted by molar-refractivity contribution is -0.142. The number of likely N-dealkylation sites (tertiary alicyclic amines) is 1. The summed E-state index contributed by atoms with van der Waals surface area (Å²) in [5.41, 5.74) is 0.876. The molecule has 2 fully saturated rings. The van der Waals surface area contributed by atoms with Gasteiger partial charge in [0, 0.05) is 31.1 Å². The molecule has 1 saturated heterocycles. The van der Waals surface area contributed by atoms with E-state index in [1.807, 2.05) is 0 Å². The first-order valence-corrected chi connectivity index (χ1v) is 8.32. The Balaban J connectivity index is 1.44. The van der Waals surface area contributed by atoms with Crippen molar-refractivity contribution in [2.24, 2.45) is 0 Å². The van der Waals surface area contributed by atoms with E-state index in [9.17, 15) is 18.0 Å². The summed E-state index contributed by atoms with van der Waals surface area (Å²) in [6.45, 7) is -0.229. The van der Waals surface area contributed by atoms with Gasteiger partial charge in [0.1, 0.15) is 6.54 Å². The summed E-state index contributed by atoms with van der Waals surface area (Å²) >= 11 is 0. The third-order valence-corrected chi connectivity index (χ3v) is 4.54. The maximum absolute atomic E-state index is 12.6. The zero-order valence-electron chi connectivity index (χ0n) is 13.7. The monoisotopic (exact) mass is 370 g/mol. The molecule has 3 heterocycles. The van der Waals surface area contributed by atoms with Gasteiger partial charge in [-0.05, 0) is 19.3 Å². The molecule has 0 aromatic carbocycles. The molecule has 1 saturated carbocycles. The van der Waals surface area contributed by atoms with Crippen LogP contribution >= 0.6 is 0 Å². The van der Waals surface area contributed by atoms with Crippen molar-refractivity contribution in [2.75, 3.05) is 18.4 Å². The Kier molecular flexibility index (Phi) is 4.04. The fourth-order valence-corrected chi connectivity index (χ4v) is 3.15. The Morgan fingerprint density at radius 3 is 2.77 bits per heavy atom. The van der Waals surface area contributed by atoms with E-state index in [-0.39, 0.29) is 17.9 Å². The molecule has 2 amide bonds. The van der Waals surface area contributed by atoms with E-state index in [0.717, 1.165) is 17.5 Å². The van der Waals surface area contributed by atoms with Crippen molar-refractivity contribution in [1.29, 1.82) is 0 Å². The van der Waals surface area contributed by atoms with Crippen molar-refractivity contribution in [3.8, 4) is 0 Å². The second-order valence-corrected chi connectivity index (χ2v) is 6.65. The van der Waals surface area contributed by atoms with Crippen LogP contribution in [0, 0.1) is 0 Å². The highest BCUT2D eigenvalue weighted by atomic mass is 19.4. The minimum Gasteiger partial charge on any atom is -0.324 e. The Morgan fingerprint density at radius 2 is 2.12 bits per heavy atom. The molecular weight excluding hydrogens is 353 g/mol. The fourth-order valence-electron chi connectivity index (χ4n) is 3.15. The highest BCUT2D eigenvalue weighted by Crippen LogP contribution is 2.43. The normalized spacial score (nSPS) is 20.6. The van der Waals surface area contributed by atoms with Crippen LogP contribution < -0.4 is 5.32 Å². The maximum Gasteiger partial charge on any atom is 0.408 e. The molecule has 0 spiro atoms. The number of carbonyl (C=O) groups is 1. The second-order valence-electron chi connectivity index (χ2n) is 6.65. The molecule has 2 aromatic heterocycles. The smallest absolute Gasteiger partial charge is 0.324 e. The van der Waals surface area contributed by atoms with Crippen molar-refractivity contribution in [2.45, 2.75) is 43.8 Å². The second kappa shape index (κ2) is 6.25. The van der Waals surface area contributed by atoms with Crippen LogP contribution in [0.1, 0.15) is 42.6 Å². The third-order valence-electron chi connectivity index (χ3n) is 4.54. The number of urea groups is 1. The van der Waals surface area contributed by atoms with E-state index in [2.05, 4.69) is 31.0 Å². The zero-order chi connectivity index (χ0) is 18.3. The van der Waals surface area contributed by atoms with Gasteiger partial charge in [-0.3, -0.25) is 4.68 Å². The molecule has 0 radical (unpaired) electrons. The number of nitrogens with one attached hydrogen (secondary N) is 2. The maximum atomic E-state index is 12.6. The minimum atomic E-state index is -4.36. The quantitative estimate of drug-likeness (QED) is 0.855. The molecule has 2 aromatic rings. The number of rotatable bonds is 4. The van der Waals surface area contributed by atoms with Gasteiger partial charge in [0.25, 0.3) is 0 Å². The fraction of sp³-hybridized carbons (Fsp3) is 0.643. The number of H-pyrrole nitrogens is 1. The van der Waals surface area contributed by atoms with Crippen molar-refractivity contribution >= 4 is 11.7 Å². The number of anilines is 1. The van der Waals surface area contributed by atoms with Crippen LogP contribution in [0.3, 0.4) is 0 Å². The van der Waals surface area contributed by atoms with Gasteiger partial charge in [-0.15, -0.1) is 10.2 Å². The molecule has 1 aliphatic heterocycles. The lowest BCUT2D eigenvalue weighted by Crippen LogP contribution is -2.33. The summed E-state index contributed by atoms with van der Waals surface area (Å²) in [6.07, 6.45) is -0.659. The highest BCUT2D eigenvalue weighted by molar-refractivity contribution is 5.90. The molecule has 1 unspecified atom stereocenters. The summed E-state index contributed by atoms with van der Waals surface area (Å²) in [7, 11) is 0. The van der Waals surface area contributed by atoms with Crippen molar-refractivity contribution in [3.05, 3.63) is 17.7 Å². The number of aromatic amines is 1. The first kappa shape index (κ1) is 16.8. The predicted octanol–water partition coefficient (Wildman–Crippen LogP) is 1.86. The number of aromatic nitrogens is 6.